The molecule has 0 aliphatic carbocycles. The lowest BCUT2D eigenvalue weighted by Crippen LogP contribution is -2.45. The van der Waals surface area contributed by atoms with E-state index in [0.717, 1.165) is 12.2 Å². The van der Waals surface area contributed by atoms with E-state index in [1.54, 1.807) is 18.2 Å². The summed E-state index contributed by atoms with van der Waals surface area (Å²) >= 11 is 0. The monoisotopic (exact) mass is 294 g/mol. The number of hydrogen-bond acceptors (Lipinski definition) is 5. The van der Waals surface area contributed by atoms with Crippen molar-refractivity contribution < 1.29 is 19.0 Å². The van der Waals surface area contributed by atoms with Crippen molar-refractivity contribution in [2.45, 2.75) is 26.3 Å². The van der Waals surface area contributed by atoms with Crippen molar-refractivity contribution in [2.75, 3.05) is 19.9 Å². The first-order valence-electron chi connectivity index (χ1n) is 7.17. The SMILES string of the molecule is CCC(C)C(N)C(=O)NCCOc1ccc2c(c1)OCO2. The molecule has 0 spiro atoms. The number of hydrogen-bond donors (Lipinski definition) is 2. The maximum Gasteiger partial charge on any atom is 0.237 e. The molecule has 0 aromatic heterocycles. The average molecular weight is 294 g/mol. The minimum atomic E-state index is -0.472. The number of nitrogens with one attached hydrogen (secondary N) is 1. The van der Waals surface area contributed by atoms with Gasteiger partial charge in [0.25, 0.3) is 0 Å². The first-order valence-corrected chi connectivity index (χ1v) is 7.17. The van der Waals surface area contributed by atoms with Gasteiger partial charge in [0.2, 0.25) is 12.7 Å². The smallest absolute Gasteiger partial charge is 0.237 e. The maximum atomic E-state index is 11.8. The topological polar surface area (TPSA) is 82.8 Å². The van der Waals surface area contributed by atoms with Gasteiger partial charge < -0.3 is 25.3 Å². The third-order valence-electron chi connectivity index (χ3n) is 3.57. The first kappa shape index (κ1) is 15.4. The third-order valence-corrected chi connectivity index (χ3v) is 3.57. The Bertz CT molecular complexity index is 493. The summed E-state index contributed by atoms with van der Waals surface area (Å²) in [6, 6.07) is 4.91. The van der Waals surface area contributed by atoms with E-state index in [-0.39, 0.29) is 18.6 Å². The van der Waals surface area contributed by atoms with Gasteiger partial charge in [0.1, 0.15) is 12.4 Å². The second-order valence-electron chi connectivity index (χ2n) is 5.07. The molecule has 21 heavy (non-hydrogen) atoms. The number of nitrogens with two attached hydrogens (primary N) is 1. The summed E-state index contributed by atoms with van der Waals surface area (Å²) in [6.45, 7) is 5.01. The van der Waals surface area contributed by atoms with E-state index in [1.165, 1.54) is 0 Å². The van der Waals surface area contributed by atoms with Gasteiger partial charge in [-0.15, -0.1) is 0 Å². The molecular formula is C15H22N2O4. The van der Waals surface area contributed by atoms with E-state index in [1.807, 2.05) is 13.8 Å². The highest BCUT2D eigenvalue weighted by atomic mass is 16.7. The fourth-order valence-corrected chi connectivity index (χ4v) is 1.94. The van der Waals surface area contributed by atoms with Gasteiger partial charge in [0.15, 0.2) is 11.5 Å². The maximum absolute atomic E-state index is 11.8. The van der Waals surface area contributed by atoms with Gasteiger partial charge in [-0.3, -0.25) is 4.79 Å². The van der Waals surface area contributed by atoms with Gasteiger partial charge in [-0.05, 0) is 18.1 Å². The zero-order chi connectivity index (χ0) is 15.2. The quantitative estimate of drug-likeness (QED) is 0.740. The largest absolute Gasteiger partial charge is 0.492 e. The van der Waals surface area contributed by atoms with Crippen molar-refractivity contribution in [3.8, 4) is 17.2 Å². The predicted molar refractivity (Wildman–Crippen MR) is 78.5 cm³/mol. The van der Waals surface area contributed by atoms with Gasteiger partial charge in [-0.2, -0.15) is 0 Å². The Labute approximate surface area is 124 Å². The molecule has 0 saturated heterocycles. The Morgan fingerprint density at radius 1 is 1.43 bits per heavy atom. The van der Waals surface area contributed by atoms with Gasteiger partial charge in [0, 0.05) is 6.07 Å². The van der Waals surface area contributed by atoms with Crippen molar-refractivity contribution in [1.29, 1.82) is 0 Å². The molecule has 1 heterocycles. The molecule has 2 atom stereocenters. The number of fused-ring (bicyclic) bond motifs is 1. The zero-order valence-corrected chi connectivity index (χ0v) is 12.4. The van der Waals surface area contributed by atoms with Gasteiger partial charge in [0.05, 0.1) is 12.6 Å². The van der Waals surface area contributed by atoms with Crippen LogP contribution in [0.1, 0.15) is 20.3 Å². The molecule has 0 radical (unpaired) electrons. The van der Waals surface area contributed by atoms with E-state index in [2.05, 4.69) is 5.32 Å². The number of rotatable bonds is 7. The summed E-state index contributed by atoms with van der Waals surface area (Å²) < 4.78 is 16.0. The minimum Gasteiger partial charge on any atom is -0.492 e. The molecule has 1 aromatic rings. The van der Waals surface area contributed by atoms with Crippen LogP contribution in [-0.2, 0) is 4.79 Å². The summed E-state index contributed by atoms with van der Waals surface area (Å²) in [7, 11) is 0. The Kier molecular flexibility index (Phi) is 5.27. The van der Waals surface area contributed by atoms with Crippen LogP contribution in [0.4, 0.5) is 0 Å². The lowest BCUT2D eigenvalue weighted by molar-refractivity contribution is -0.123. The second-order valence-corrected chi connectivity index (χ2v) is 5.07. The van der Waals surface area contributed by atoms with Gasteiger partial charge in [-0.1, -0.05) is 20.3 Å². The molecule has 1 amide bonds. The summed E-state index contributed by atoms with van der Waals surface area (Å²) in [5.74, 6) is 2.10. The highest BCUT2D eigenvalue weighted by Crippen LogP contribution is 2.34. The van der Waals surface area contributed by atoms with E-state index in [0.29, 0.717) is 24.7 Å². The van der Waals surface area contributed by atoms with Crippen LogP contribution in [0, 0.1) is 5.92 Å². The molecule has 2 unspecified atom stereocenters. The summed E-state index contributed by atoms with van der Waals surface area (Å²) in [5.41, 5.74) is 5.84. The lowest BCUT2D eigenvalue weighted by Gasteiger charge is -2.17. The molecule has 2 rings (SSSR count). The molecule has 1 aliphatic rings. The van der Waals surface area contributed by atoms with Crippen LogP contribution < -0.4 is 25.3 Å². The van der Waals surface area contributed by atoms with E-state index in [4.69, 9.17) is 19.9 Å². The summed E-state index contributed by atoms with van der Waals surface area (Å²) in [5, 5.41) is 2.78. The molecular weight excluding hydrogens is 272 g/mol. The standard InChI is InChI=1S/C15H22N2O4/c1-3-10(2)14(16)15(18)17-6-7-19-11-4-5-12-13(8-11)21-9-20-12/h4-5,8,10,14H,3,6-7,9,16H2,1-2H3,(H,17,18). The minimum absolute atomic E-state index is 0.140. The zero-order valence-electron chi connectivity index (χ0n) is 12.4. The average Bonchev–Trinajstić information content (AvgIpc) is 2.97. The second kappa shape index (κ2) is 7.17. The number of benzene rings is 1. The van der Waals surface area contributed by atoms with Gasteiger partial charge in [-0.25, -0.2) is 0 Å². The van der Waals surface area contributed by atoms with E-state index >= 15 is 0 Å². The van der Waals surface area contributed by atoms with Crippen molar-refractivity contribution in [1.82, 2.24) is 5.32 Å². The Morgan fingerprint density at radius 3 is 2.95 bits per heavy atom. The van der Waals surface area contributed by atoms with Gasteiger partial charge >= 0.3 is 0 Å². The third kappa shape index (κ3) is 4.01. The summed E-state index contributed by atoms with van der Waals surface area (Å²) in [4.78, 5) is 11.8. The van der Waals surface area contributed by atoms with Crippen LogP contribution in [0.25, 0.3) is 0 Å². The molecule has 6 heteroatoms. The Balaban J connectivity index is 1.71. The highest BCUT2D eigenvalue weighted by Gasteiger charge is 2.18. The molecule has 116 valence electrons. The molecule has 0 bridgehead atoms. The number of carbonyl (C=O) groups is 1. The molecule has 3 N–H and O–H groups in total. The van der Waals surface area contributed by atoms with Crippen molar-refractivity contribution >= 4 is 5.91 Å². The van der Waals surface area contributed by atoms with Crippen LogP contribution in [-0.4, -0.2) is 31.9 Å². The predicted octanol–water partition coefficient (Wildman–Crippen LogP) is 1.28. The number of ether oxygens (including phenoxy) is 3. The lowest BCUT2D eigenvalue weighted by atomic mass is 9.99. The Morgan fingerprint density at radius 2 is 2.19 bits per heavy atom. The van der Waals surface area contributed by atoms with Crippen molar-refractivity contribution in [3.05, 3.63) is 18.2 Å². The fourth-order valence-electron chi connectivity index (χ4n) is 1.94. The van der Waals surface area contributed by atoms with Crippen LogP contribution in [0.15, 0.2) is 18.2 Å². The normalized spacial score (nSPS) is 15.4. The van der Waals surface area contributed by atoms with E-state index < -0.39 is 6.04 Å². The molecule has 1 aliphatic heterocycles. The van der Waals surface area contributed by atoms with Crippen molar-refractivity contribution in [3.63, 3.8) is 0 Å². The highest BCUT2D eigenvalue weighted by molar-refractivity contribution is 5.81. The Hall–Kier alpha value is -1.95. The van der Waals surface area contributed by atoms with Crippen molar-refractivity contribution in [2.24, 2.45) is 11.7 Å². The molecule has 0 fully saturated rings. The molecule has 0 saturated carbocycles. The van der Waals surface area contributed by atoms with E-state index in [9.17, 15) is 4.79 Å². The fraction of sp³-hybridized carbons (Fsp3) is 0.533. The molecule has 1 aromatic carbocycles. The van der Waals surface area contributed by atoms with Crippen LogP contribution in [0.3, 0.4) is 0 Å². The first-order chi connectivity index (χ1) is 10.1. The number of carbonyl (C=O) groups excluding carboxylic acids is 1. The van der Waals surface area contributed by atoms with Crippen LogP contribution in [0.5, 0.6) is 17.2 Å². The van der Waals surface area contributed by atoms with Crippen LogP contribution in [0.2, 0.25) is 0 Å². The summed E-state index contributed by atoms with van der Waals surface area (Å²) in [6.07, 6.45) is 0.877. The van der Waals surface area contributed by atoms with Crippen LogP contribution >= 0.6 is 0 Å². The molecule has 6 nitrogen and oxygen atoms in total. The number of amides is 1.